The number of amides is 1. The minimum absolute atomic E-state index is 0.0358. The maximum atomic E-state index is 13.5. The molecule has 1 aromatic rings. The van der Waals surface area contributed by atoms with Crippen molar-refractivity contribution in [3.63, 3.8) is 0 Å². The Kier molecular flexibility index (Phi) is 4.17. The first-order valence-electron chi connectivity index (χ1n) is 4.39. The maximum Gasteiger partial charge on any atom is 0.221 e. The third-order valence-electron chi connectivity index (χ3n) is 2.09. The number of anilines is 1. The summed E-state index contributed by atoms with van der Waals surface area (Å²) in [5.41, 5.74) is -0.405. The molecule has 0 fully saturated rings. The Morgan fingerprint density at radius 1 is 1.38 bits per heavy atom. The molecule has 1 N–H and O–H groups in total. The van der Waals surface area contributed by atoms with Crippen LogP contribution in [0.1, 0.15) is 18.1 Å². The minimum Gasteiger partial charge on any atom is -0.326 e. The topological polar surface area (TPSA) is 29.1 Å². The van der Waals surface area contributed by atoms with Crippen LogP contribution in [0.3, 0.4) is 0 Å². The lowest BCUT2D eigenvalue weighted by Crippen LogP contribution is -2.13. The second kappa shape index (κ2) is 5.03. The lowest BCUT2D eigenvalue weighted by atomic mass is 10.1. The van der Waals surface area contributed by atoms with Crippen molar-refractivity contribution in [2.45, 2.75) is 20.5 Å². The molecular weight excluding hydrogens is 334 g/mol. The van der Waals surface area contributed by atoms with E-state index in [0.717, 1.165) is 0 Å². The van der Waals surface area contributed by atoms with Gasteiger partial charge in [0, 0.05) is 18.1 Å². The van der Waals surface area contributed by atoms with Crippen LogP contribution in [-0.2, 0) is 11.5 Å². The highest BCUT2D eigenvalue weighted by atomic mass is 127. The summed E-state index contributed by atoms with van der Waals surface area (Å²) in [5, 5.41) is 2.24. The number of carbonyl (C=O) groups is 1. The number of benzene rings is 1. The molecule has 0 saturated heterocycles. The summed E-state index contributed by atoms with van der Waals surface area (Å²) < 4.78 is 39.4. The number of hydrogen-bond donors (Lipinski definition) is 1. The Balaban J connectivity index is 3.50. The van der Waals surface area contributed by atoms with Crippen LogP contribution in [0.25, 0.3) is 0 Å². The van der Waals surface area contributed by atoms with E-state index in [2.05, 4.69) is 5.32 Å². The molecule has 16 heavy (non-hydrogen) atoms. The van der Waals surface area contributed by atoms with E-state index in [9.17, 15) is 18.0 Å². The van der Waals surface area contributed by atoms with Crippen LogP contribution < -0.4 is 5.32 Å². The first-order chi connectivity index (χ1) is 7.40. The number of halogens is 4. The van der Waals surface area contributed by atoms with E-state index in [1.165, 1.54) is 36.4 Å². The highest BCUT2D eigenvalue weighted by molar-refractivity contribution is 14.1. The van der Waals surface area contributed by atoms with Gasteiger partial charge >= 0.3 is 0 Å². The third kappa shape index (κ3) is 2.31. The van der Waals surface area contributed by atoms with Gasteiger partial charge in [0.05, 0.1) is 9.26 Å². The fourth-order valence-corrected chi connectivity index (χ4v) is 2.04. The largest absolute Gasteiger partial charge is 0.326 e. The second-order valence-electron chi connectivity index (χ2n) is 3.24. The van der Waals surface area contributed by atoms with Crippen molar-refractivity contribution >= 4 is 34.2 Å². The van der Waals surface area contributed by atoms with Crippen molar-refractivity contribution in [2.24, 2.45) is 0 Å². The second-order valence-corrected chi connectivity index (χ2v) is 4.31. The lowest BCUT2D eigenvalue weighted by Gasteiger charge is -2.14. The molecule has 1 rings (SSSR count). The Morgan fingerprint density at radius 2 is 1.94 bits per heavy atom. The van der Waals surface area contributed by atoms with Crippen molar-refractivity contribution in [2.75, 3.05) is 5.32 Å². The van der Waals surface area contributed by atoms with Crippen LogP contribution >= 0.6 is 22.6 Å². The fraction of sp³-hybridized carbons (Fsp3) is 0.300. The van der Waals surface area contributed by atoms with Crippen molar-refractivity contribution in [1.29, 1.82) is 0 Å². The van der Waals surface area contributed by atoms with Gasteiger partial charge in [0.25, 0.3) is 0 Å². The Labute approximate surface area is 104 Å². The smallest absolute Gasteiger partial charge is 0.221 e. The molecule has 0 aliphatic carbocycles. The Bertz CT molecular complexity index is 448. The molecule has 1 aromatic carbocycles. The highest BCUT2D eigenvalue weighted by Crippen LogP contribution is 2.31. The lowest BCUT2D eigenvalue weighted by molar-refractivity contribution is -0.114. The van der Waals surface area contributed by atoms with Gasteiger partial charge < -0.3 is 5.32 Å². The van der Waals surface area contributed by atoms with Gasteiger partial charge in [0.1, 0.15) is 18.3 Å². The van der Waals surface area contributed by atoms with Crippen LogP contribution in [0.2, 0.25) is 0 Å². The molecular formula is C10H9F3INO. The van der Waals surface area contributed by atoms with Crippen LogP contribution in [0.4, 0.5) is 18.9 Å². The number of rotatable bonds is 2. The molecule has 0 unspecified atom stereocenters. The van der Waals surface area contributed by atoms with Gasteiger partial charge in [-0.15, -0.1) is 0 Å². The average Bonchev–Trinajstić information content (AvgIpc) is 2.23. The van der Waals surface area contributed by atoms with Gasteiger partial charge in [-0.25, -0.2) is 13.2 Å². The van der Waals surface area contributed by atoms with Crippen molar-refractivity contribution in [3.05, 3.63) is 26.3 Å². The molecule has 88 valence electrons. The first-order valence-corrected chi connectivity index (χ1v) is 5.47. The third-order valence-corrected chi connectivity index (χ3v) is 3.04. The fourth-order valence-electron chi connectivity index (χ4n) is 1.31. The number of carbonyl (C=O) groups excluding carboxylic acids is 1. The summed E-state index contributed by atoms with van der Waals surface area (Å²) in [6.45, 7) is 1.45. The first kappa shape index (κ1) is 13.3. The number of alkyl halides is 1. The zero-order chi connectivity index (χ0) is 12.5. The van der Waals surface area contributed by atoms with Crippen LogP contribution in [0.5, 0.6) is 0 Å². The van der Waals surface area contributed by atoms with Gasteiger partial charge in [0.2, 0.25) is 5.91 Å². The van der Waals surface area contributed by atoms with E-state index in [4.69, 9.17) is 0 Å². The molecule has 0 aliphatic heterocycles. The van der Waals surface area contributed by atoms with Crippen molar-refractivity contribution in [3.8, 4) is 0 Å². The molecule has 0 radical (unpaired) electrons. The summed E-state index contributed by atoms with van der Waals surface area (Å²) in [7, 11) is 0. The van der Waals surface area contributed by atoms with Gasteiger partial charge in [-0.1, -0.05) is 0 Å². The Morgan fingerprint density at radius 3 is 2.38 bits per heavy atom. The molecule has 0 bridgehead atoms. The van der Waals surface area contributed by atoms with Crippen LogP contribution in [-0.4, -0.2) is 5.91 Å². The van der Waals surface area contributed by atoms with Gasteiger partial charge in [0.15, 0.2) is 0 Å². The SMILES string of the molecule is CC(=O)Nc1c(C)c(F)c(I)c(F)c1CF. The van der Waals surface area contributed by atoms with Crippen molar-refractivity contribution in [1.82, 2.24) is 0 Å². The summed E-state index contributed by atoms with van der Waals surface area (Å²) in [4.78, 5) is 10.9. The monoisotopic (exact) mass is 343 g/mol. The number of hydrogen-bond acceptors (Lipinski definition) is 1. The van der Waals surface area contributed by atoms with E-state index in [0.29, 0.717) is 0 Å². The van der Waals surface area contributed by atoms with Gasteiger partial charge in [-0.2, -0.15) is 0 Å². The molecule has 2 nitrogen and oxygen atoms in total. The molecule has 0 saturated carbocycles. The molecule has 6 heteroatoms. The summed E-state index contributed by atoms with van der Waals surface area (Å²) >= 11 is 1.46. The zero-order valence-corrected chi connectivity index (χ0v) is 10.8. The molecule has 0 heterocycles. The highest BCUT2D eigenvalue weighted by Gasteiger charge is 2.21. The molecule has 1 amide bonds. The molecule has 0 spiro atoms. The quantitative estimate of drug-likeness (QED) is 0.648. The van der Waals surface area contributed by atoms with E-state index in [-0.39, 0.29) is 20.4 Å². The van der Waals surface area contributed by atoms with Crippen molar-refractivity contribution < 1.29 is 18.0 Å². The molecule has 0 aliphatic rings. The van der Waals surface area contributed by atoms with E-state index in [1.807, 2.05) is 0 Å². The minimum atomic E-state index is -1.10. The zero-order valence-electron chi connectivity index (χ0n) is 8.63. The van der Waals surface area contributed by atoms with Gasteiger partial charge in [-0.05, 0) is 29.5 Å². The summed E-state index contributed by atoms with van der Waals surface area (Å²) in [6.07, 6.45) is 0. The normalized spacial score (nSPS) is 10.4. The average molecular weight is 343 g/mol. The standard InChI is InChI=1S/C10H9F3INO/c1-4-7(12)9(14)8(13)6(3-11)10(4)15-5(2)16/h3H2,1-2H3,(H,15,16). The van der Waals surface area contributed by atoms with Crippen LogP contribution in [0, 0.1) is 22.1 Å². The van der Waals surface area contributed by atoms with E-state index < -0.39 is 24.2 Å². The number of nitrogens with one attached hydrogen (secondary N) is 1. The Hall–Kier alpha value is -0.790. The van der Waals surface area contributed by atoms with Gasteiger partial charge in [-0.3, -0.25) is 4.79 Å². The van der Waals surface area contributed by atoms with E-state index >= 15 is 0 Å². The summed E-state index contributed by atoms with van der Waals surface area (Å²) in [6, 6.07) is 0. The molecule has 0 atom stereocenters. The summed E-state index contributed by atoms with van der Waals surface area (Å²) in [5.74, 6) is -2.24. The van der Waals surface area contributed by atoms with E-state index in [1.54, 1.807) is 0 Å². The maximum absolute atomic E-state index is 13.5. The predicted octanol–water partition coefficient (Wildman–Crippen LogP) is 3.31. The van der Waals surface area contributed by atoms with Crippen LogP contribution in [0.15, 0.2) is 0 Å². The molecule has 0 aromatic heterocycles. The predicted molar refractivity (Wildman–Crippen MR) is 62.9 cm³/mol.